The number of rotatable bonds is 5. The predicted octanol–water partition coefficient (Wildman–Crippen LogP) is 1.50. The highest BCUT2D eigenvalue weighted by molar-refractivity contribution is 7.90. The third-order valence-corrected chi connectivity index (χ3v) is 4.50. The van der Waals surface area contributed by atoms with Gasteiger partial charge in [-0.15, -0.1) is 0 Å². The number of nitrogens with one attached hydrogen (secondary N) is 2. The molecule has 0 spiro atoms. The minimum absolute atomic E-state index is 0.0690. The topological polar surface area (TPSA) is 153 Å². The number of hydrogen-bond acceptors (Lipinski definition) is 8. The van der Waals surface area contributed by atoms with E-state index in [9.17, 15) is 26.4 Å². The number of aromatic nitrogens is 2. The van der Waals surface area contributed by atoms with Crippen LogP contribution in [0.4, 0.5) is 36.3 Å². The van der Waals surface area contributed by atoms with Gasteiger partial charge in [0.05, 0.1) is 5.56 Å². The molecule has 0 saturated heterocycles. The maximum absolute atomic E-state index is 12.8. The van der Waals surface area contributed by atoms with Gasteiger partial charge >= 0.3 is 6.18 Å². The summed E-state index contributed by atoms with van der Waals surface area (Å²) in [4.78, 5) is 19.6. The number of sulfone groups is 1. The largest absolute Gasteiger partial charge is 0.416 e. The van der Waals surface area contributed by atoms with Crippen LogP contribution in [-0.4, -0.2) is 36.6 Å². The van der Waals surface area contributed by atoms with Gasteiger partial charge in [0, 0.05) is 11.9 Å². The molecule has 152 valence electrons. The lowest BCUT2D eigenvalue weighted by atomic mass is 10.2. The number of amides is 1. The van der Waals surface area contributed by atoms with Crippen molar-refractivity contribution >= 4 is 38.9 Å². The summed E-state index contributed by atoms with van der Waals surface area (Å²) < 4.78 is 61.7. The van der Waals surface area contributed by atoms with Gasteiger partial charge in [-0.1, -0.05) is 6.07 Å². The molecule has 2 rings (SSSR count). The van der Waals surface area contributed by atoms with Crippen LogP contribution in [-0.2, 0) is 20.8 Å². The molecule has 0 saturated carbocycles. The van der Waals surface area contributed by atoms with Gasteiger partial charge < -0.3 is 22.1 Å². The predicted molar refractivity (Wildman–Crippen MR) is 97.1 cm³/mol. The van der Waals surface area contributed by atoms with Gasteiger partial charge in [-0.3, -0.25) is 4.79 Å². The Hall–Kier alpha value is -3.09. The Bertz CT molecular complexity index is 1010. The lowest BCUT2D eigenvalue weighted by Gasteiger charge is -2.17. The SMILES string of the molecule is C[C@H](Nc1nc(N)nc(S(C)(=O)=O)c1N)C(=O)Nc1cccc(C(F)(F)F)c1. The number of carbonyl (C=O) groups is 1. The molecule has 13 heteroatoms. The van der Waals surface area contributed by atoms with Crippen molar-refractivity contribution in [2.45, 2.75) is 24.2 Å². The molecule has 0 bridgehead atoms. The van der Waals surface area contributed by atoms with E-state index in [1.165, 1.54) is 13.0 Å². The van der Waals surface area contributed by atoms with Crippen molar-refractivity contribution in [3.63, 3.8) is 0 Å². The molecule has 1 amide bonds. The fraction of sp³-hybridized carbons (Fsp3) is 0.267. The average Bonchev–Trinajstić information content (AvgIpc) is 2.56. The van der Waals surface area contributed by atoms with Crippen LogP contribution >= 0.6 is 0 Å². The first-order valence-electron chi connectivity index (χ1n) is 7.66. The Balaban J connectivity index is 2.21. The maximum Gasteiger partial charge on any atom is 0.416 e. The second-order valence-corrected chi connectivity index (χ2v) is 7.79. The van der Waals surface area contributed by atoms with Crippen LogP contribution in [0.15, 0.2) is 29.3 Å². The third kappa shape index (κ3) is 5.00. The lowest BCUT2D eigenvalue weighted by molar-refractivity contribution is -0.137. The number of hydrogen-bond donors (Lipinski definition) is 4. The first-order valence-corrected chi connectivity index (χ1v) is 9.56. The first kappa shape index (κ1) is 21.2. The number of halogens is 3. The summed E-state index contributed by atoms with van der Waals surface area (Å²) in [5.41, 5.74) is 9.87. The molecule has 1 heterocycles. The molecular weight excluding hydrogens is 401 g/mol. The van der Waals surface area contributed by atoms with Crippen molar-refractivity contribution in [1.29, 1.82) is 0 Å². The van der Waals surface area contributed by atoms with Crippen LogP contribution in [0.25, 0.3) is 0 Å². The summed E-state index contributed by atoms with van der Waals surface area (Å²) >= 11 is 0. The average molecular weight is 418 g/mol. The van der Waals surface area contributed by atoms with E-state index in [1.54, 1.807) is 0 Å². The smallest absolute Gasteiger partial charge is 0.393 e. The van der Waals surface area contributed by atoms with E-state index in [2.05, 4.69) is 20.6 Å². The molecular formula is C15H17F3N6O3S. The number of carbonyl (C=O) groups excluding carboxylic acids is 1. The molecule has 9 nitrogen and oxygen atoms in total. The number of nitrogen functional groups attached to an aromatic ring is 2. The van der Waals surface area contributed by atoms with E-state index in [0.29, 0.717) is 0 Å². The highest BCUT2D eigenvalue weighted by Gasteiger charge is 2.30. The summed E-state index contributed by atoms with van der Waals surface area (Å²) in [6.45, 7) is 1.38. The van der Waals surface area contributed by atoms with Gasteiger partial charge in [0.15, 0.2) is 20.7 Å². The van der Waals surface area contributed by atoms with Gasteiger partial charge in [0.2, 0.25) is 11.9 Å². The van der Waals surface area contributed by atoms with E-state index in [1.807, 2.05) is 0 Å². The lowest BCUT2D eigenvalue weighted by Crippen LogP contribution is -2.33. The molecule has 1 aromatic carbocycles. The fourth-order valence-electron chi connectivity index (χ4n) is 2.15. The molecule has 0 radical (unpaired) electrons. The normalized spacial score (nSPS) is 13.0. The summed E-state index contributed by atoms with van der Waals surface area (Å²) in [7, 11) is -3.81. The molecule has 0 fully saturated rings. The summed E-state index contributed by atoms with van der Waals surface area (Å²) in [6.07, 6.45) is -3.68. The van der Waals surface area contributed by atoms with Gasteiger partial charge in [-0.05, 0) is 25.1 Å². The van der Waals surface area contributed by atoms with E-state index in [0.717, 1.165) is 24.5 Å². The van der Waals surface area contributed by atoms with Crippen molar-refractivity contribution in [2.75, 3.05) is 28.4 Å². The van der Waals surface area contributed by atoms with Crippen molar-refractivity contribution in [2.24, 2.45) is 0 Å². The quantitative estimate of drug-likeness (QED) is 0.533. The molecule has 2 aromatic rings. The van der Waals surface area contributed by atoms with E-state index in [4.69, 9.17) is 11.5 Å². The molecule has 1 atom stereocenters. The molecule has 28 heavy (non-hydrogen) atoms. The Morgan fingerprint density at radius 1 is 1.21 bits per heavy atom. The van der Waals surface area contributed by atoms with Crippen LogP contribution < -0.4 is 22.1 Å². The Morgan fingerprint density at radius 2 is 1.86 bits per heavy atom. The summed E-state index contributed by atoms with van der Waals surface area (Å²) in [6, 6.07) is 3.05. The van der Waals surface area contributed by atoms with Crippen molar-refractivity contribution < 1.29 is 26.4 Å². The maximum atomic E-state index is 12.8. The third-order valence-electron chi connectivity index (χ3n) is 3.48. The monoisotopic (exact) mass is 418 g/mol. The standard InChI is InChI=1S/C15H17F3N6O3S/c1-7(12(25)22-9-5-3-4-8(6-9)15(16,17)18)21-11-10(19)13(28(2,26)27)24-14(20)23-11/h3-7H,19H2,1-2H3,(H,22,25)(H3,20,21,23,24)/t7-/m0/s1. The second-order valence-electron chi connectivity index (χ2n) is 5.86. The van der Waals surface area contributed by atoms with E-state index >= 15 is 0 Å². The Morgan fingerprint density at radius 3 is 2.43 bits per heavy atom. The van der Waals surface area contributed by atoms with Crippen LogP contribution in [0.1, 0.15) is 12.5 Å². The van der Waals surface area contributed by atoms with Gasteiger partial charge in [0.1, 0.15) is 11.7 Å². The van der Waals surface area contributed by atoms with Crippen LogP contribution in [0.2, 0.25) is 0 Å². The van der Waals surface area contributed by atoms with Crippen molar-refractivity contribution in [1.82, 2.24) is 9.97 Å². The highest BCUT2D eigenvalue weighted by Crippen LogP contribution is 2.31. The number of benzene rings is 1. The van der Waals surface area contributed by atoms with Gasteiger partial charge in [-0.2, -0.15) is 23.1 Å². The highest BCUT2D eigenvalue weighted by atomic mass is 32.2. The number of nitrogens with two attached hydrogens (primary N) is 2. The minimum Gasteiger partial charge on any atom is -0.393 e. The Kier molecular flexibility index (Phi) is 5.68. The van der Waals surface area contributed by atoms with Crippen LogP contribution in [0, 0.1) is 0 Å². The molecule has 0 aliphatic carbocycles. The number of anilines is 4. The summed E-state index contributed by atoms with van der Waals surface area (Å²) in [5, 5.41) is 4.39. The van der Waals surface area contributed by atoms with Crippen molar-refractivity contribution in [3.8, 4) is 0 Å². The second kappa shape index (κ2) is 7.50. The van der Waals surface area contributed by atoms with Gasteiger partial charge in [0.25, 0.3) is 0 Å². The van der Waals surface area contributed by atoms with Gasteiger partial charge in [-0.25, -0.2) is 8.42 Å². The zero-order chi connectivity index (χ0) is 21.3. The minimum atomic E-state index is -4.56. The summed E-state index contributed by atoms with van der Waals surface area (Å²) in [5.74, 6) is -1.29. The molecule has 0 aliphatic heterocycles. The first-order chi connectivity index (χ1) is 12.8. The van der Waals surface area contributed by atoms with Crippen LogP contribution in [0.3, 0.4) is 0 Å². The van der Waals surface area contributed by atoms with E-state index in [-0.39, 0.29) is 23.1 Å². The molecule has 1 aromatic heterocycles. The number of alkyl halides is 3. The van der Waals surface area contributed by atoms with Crippen molar-refractivity contribution in [3.05, 3.63) is 29.8 Å². The molecule has 6 N–H and O–H groups in total. The Labute approximate surface area is 158 Å². The fourth-order valence-corrected chi connectivity index (χ4v) is 2.91. The zero-order valence-corrected chi connectivity index (χ0v) is 15.5. The van der Waals surface area contributed by atoms with Crippen LogP contribution in [0.5, 0.6) is 0 Å². The van der Waals surface area contributed by atoms with E-state index < -0.39 is 38.6 Å². The number of nitrogens with zero attached hydrogens (tertiary/aromatic N) is 2. The molecule has 0 aliphatic rings. The zero-order valence-electron chi connectivity index (χ0n) is 14.7. The molecule has 0 unspecified atom stereocenters.